The molecule has 0 spiro atoms. The lowest BCUT2D eigenvalue weighted by molar-refractivity contribution is 0.00683. The normalized spacial score (nSPS) is 15.7. The van der Waals surface area contributed by atoms with Crippen LogP contribution in [0.15, 0.2) is 24.3 Å². The molecule has 1 aromatic carbocycles. The molecule has 1 fully saturated rings. The van der Waals surface area contributed by atoms with Gasteiger partial charge in [0.1, 0.15) is 5.60 Å². The fourth-order valence-corrected chi connectivity index (χ4v) is 1.52. The average Bonchev–Trinajstić information content (AvgIpc) is 3.00. The molecule has 0 saturated carbocycles. The van der Waals surface area contributed by atoms with Gasteiger partial charge in [-0.25, -0.2) is 4.79 Å². The number of rotatable bonds is 3. The van der Waals surface area contributed by atoms with Crippen molar-refractivity contribution in [3.05, 3.63) is 35.4 Å². The van der Waals surface area contributed by atoms with Gasteiger partial charge in [0.15, 0.2) is 0 Å². The number of hydrogen-bond acceptors (Lipinski definition) is 4. The first-order chi connectivity index (χ1) is 7.96. The first-order valence-corrected chi connectivity index (χ1v) is 5.59. The van der Waals surface area contributed by atoms with E-state index in [2.05, 4.69) is 0 Å². The highest BCUT2D eigenvalue weighted by Crippen LogP contribution is 2.22. The molecule has 1 aliphatic heterocycles. The van der Waals surface area contributed by atoms with Gasteiger partial charge in [-0.1, -0.05) is 18.2 Å². The van der Waals surface area contributed by atoms with E-state index in [0.717, 1.165) is 5.56 Å². The number of carbonyl (C=O) groups excluding carboxylic acids is 1. The van der Waals surface area contributed by atoms with Crippen LogP contribution < -0.4 is 0 Å². The molecule has 0 amide bonds. The summed E-state index contributed by atoms with van der Waals surface area (Å²) in [5, 5.41) is 0. The maximum absolute atomic E-state index is 12.0. The Balaban J connectivity index is 2.15. The topological polar surface area (TPSA) is 51.4 Å². The van der Waals surface area contributed by atoms with Crippen LogP contribution in [0.25, 0.3) is 0 Å². The molecule has 1 aromatic rings. The zero-order chi connectivity index (χ0) is 12.5. The minimum absolute atomic E-state index is 0.224. The molecule has 92 valence electrons. The van der Waals surface area contributed by atoms with E-state index < -0.39 is 5.60 Å². The molecule has 2 rings (SSSR count). The van der Waals surface area contributed by atoms with Gasteiger partial charge >= 0.3 is 5.97 Å². The van der Waals surface area contributed by atoms with Gasteiger partial charge in [0.2, 0.25) is 6.29 Å². The molecule has 0 N–H and O–H groups in total. The summed E-state index contributed by atoms with van der Waals surface area (Å²) in [4.78, 5) is 21.4. The minimum atomic E-state index is -0.489. The highest BCUT2D eigenvalue weighted by Gasteiger charge is 2.28. The van der Waals surface area contributed by atoms with Crippen LogP contribution in [0.2, 0.25) is 0 Å². The fraction of sp³-hybridized carbons (Fsp3) is 0.462. The van der Waals surface area contributed by atoms with Crippen LogP contribution in [-0.2, 0) is 20.9 Å². The van der Waals surface area contributed by atoms with Gasteiger partial charge in [0.05, 0.1) is 5.56 Å². The molecule has 1 heterocycles. The minimum Gasteiger partial charge on any atom is -0.456 e. The zero-order valence-corrected chi connectivity index (χ0v) is 10.2. The Bertz CT molecular complexity index is 416. The van der Waals surface area contributed by atoms with Crippen LogP contribution in [0.1, 0.15) is 36.7 Å². The number of hydrogen-bond donors (Lipinski definition) is 0. The largest absolute Gasteiger partial charge is 0.456 e. The van der Waals surface area contributed by atoms with Gasteiger partial charge in [-0.3, -0.25) is 0 Å². The van der Waals surface area contributed by atoms with Crippen LogP contribution in [-0.4, -0.2) is 17.9 Å². The zero-order valence-electron chi connectivity index (χ0n) is 10.2. The van der Waals surface area contributed by atoms with E-state index in [9.17, 15) is 4.79 Å². The lowest BCUT2D eigenvalue weighted by atomic mass is 10.0. The molecule has 4 heteroatoms. The molecular formula is C13H16O4. The Morgan fingerprint density at radius 2 is 1.94 bits per heavy atom. The van der Waals surface area contributed by atoms with Crippen molar-refractivity contribution in [3.8, 4) is 0 Å². The third-order valence-electron chi connectivity index (χ3n) is 2.26. The standard InChI is InChI=1S/C13H16O4/c1-13(2,3)15-12(14)10-7-5-4-6-9(10)8-11-16-17-11/h4-7,11H,8H2,1-3H3. The Morgan fingerprint density at radius 3 is 2.53 bits per heavy atom. The van der Waals surface area contributed by atoms with Crippen LogP contribution >= 0.6 is 0 Å². The molecule has 0 radical (unpaired) electrons. The lowest BCUT2D eigenvalue weighted by Crippen LogP contribution is -2.24. The first-order valence-electron chi connectivity index (χ1n) is 5.59. The fourth-order valence-electron chi connectivity index (χ4n) is 1.52. The van der Waals surface area contributed by atoms with E-state index in [0.29, 0.717) is 12.0 Å². The Kier molecular flexibility index (Phi) is 3.17. The van der Waals surface area contributed by atoms with Crippen LogP contribution in [0, 0.1) is 0 Å². The van der Waals surface area contributed by atoms with E-state index in [4.69, 9.17) is 14.5 Å². The van der Waals surface area contributed by atoms with Gasteiger partial charge in [0, 0.05) is 6.42 Å². The van der Waals surface area contributed by atoms with Crippen molar-refractivity contribution in [2.45, 2.75) is 39.1 Å². The number of benzene rings is 1. The van der Waals surface area contributed by atoms with E-state index in [1.807, 2.05) is 39.0 Å². The highest BCUT2D eigenvalue weighted by atomic mass is 17.4. The monoisotopic (exact) mass is 236 g/mol. The van der Waals surface area contributed by atoms with Crippen LogP contribution in [0.4, 0.5) is 0 Å². The maximum Gasteiger partial charge on any atom is 0.338 e. The van der Waals surface area contributed by atoms with Crippen LogP contribution in [0.5, 0.6) is 0 Å². The maximum atomic E-state index is 12.0. The number of carbonyl (C=O) groups is 1. The van der Waals surface area contributed by atoms with Gasteiger partial charge in [-0.15, -0.1) is 0 Å². The summed E-state index contributed by atoms with van der Waals surface area (Å²) < 4.78 is 5.35. The van der Waals surface area contributed by atoms with Gasteiger partial charge in [-0.2, -0.15) is 9.78 Å². The van der Waals surface area contributed by atoms with E-state index in [-0.39, 0.29) is 12.3 Å². The second-order valence-electron chi connectivity index (χ2n) is 4.99. The first kappa shape index (κ1) is 12.1. The van der Waals surface area contributed by atoms with E-state index in [1.165, 1.54) is 0 Å². The summed E-state index contributed by atoms with van der Waals surface area (Å²) in [5.41, 5.74) is 0.960. The van der Waals surface area contributed by atoms with E-state index >= 15 is 0 Å². The molecule has 1 aliphatic rings. The molecule has 1 saturated heterocycles. The third-order valence-corrected chi connectivity index (χ3v) is 2.26. The predicted molar refractivity (Wildman–Crippen MR) is 61.3 cm³/mol. The van der Waals surface area contributed by atoms with Crippen molar-refractivity contribution in [3.63, 3.8) is 0 Å². The average molecular weight is 236 g/mol. The molecule has 0 aromatic heterocycles. The summed E-state index contributed by atoms with van der Waals surface area (Å²) in [6, 6.07) is 7.33. The molecule has 0 unspecified atom stereocenters. The van der Waals surface area contributed by atoms with Crippen molar-refractivity contribution in [1.82, 2.24) is 0 Å². The third kappa shape index (κ3) is 3.54. The SMILES string of the molecule is CC(C)(C)OC(=O)c1ccccc1CC1OO1. The van der Waals surface area contributed by atoms with Crippen molar-refractivity contribution in [1.29, 1.82) is 0 Å². The van der Waals surface area contributed by atoms with Crippen molar-refractivity contribution in [2.75, 3.05) is 0 Å². The Labute approximate surface area is 100 Å². The summed E-state index contributed by atoms with van der Waals surface area (Å²) in [7, 11) is 0. The highest BCUT2D eigenvalue weighted by molar-refractivity contribution is 5.91. The Morgan fingerprint density at radius 1 is 1.29 bits per heavy atom. The summed E-state index contributed by atoms with van der Waals surface area (Å²) in [6.45, 7) is 5.54. The quantitative estimate of drug-likeness (QED) is 0.459. The van der Waals surface area contributed by atoms with Gasteiger partial charge in [0.25, 0.3) is 0 Å². The smallest absolute Gasteiger partial charge is 0.338 e. The molecule has 4 nitrogen and oxygen atoms in total. The van der Waals surface area contributed by atoms with Gasteiger partial charge < -0.3 is 4.74 Å². The molecule has 0 bridgehead atoms. The summed E-state index contributed by atoms with van der Waals surface area (Å²) in [5.74, 6) is -0.311. The lowest BCUT2D eigenvalue weighted by Gasteiger charge is -2.20. The molecule has 0 aliphatic carbocycles. The second-order valence-corrected chi connectivity index (χ2v) is 4.99. The van der Waals surface area contributed by atoms with Crippen molar-refractivity contribution < 1.29 is 19.3 Å². The Hall–Kier alpha value is -1.39. The molecular weight excluding hydrogens is 220 g/mol. The van der Waals surface area contributed by atoms with Crippen LogP contribution in [0.3, 0.4) is 0 Å². The second kappa shape index (κ2) is 4.47. The van der Waals surface area contributed by atoms with Gasteiger partial charge in [-0.05, 0) is 32.4 Å². The molecule has 0 atom stereocenters. The van der Waals surface area contributed by atoms with Crippen molar-refractivity contribution in [2.24, 2.45) is 0 Å². The summed E-state index contributed by atoms with van der Waals surface area (Å²) in [6.07, 6.45) is 0.341. The van der Waals surface area contributed by atoms with Crippen molar-refractivity contribution >= 4 is 5.97 Å². The predicted octanol–water partition coefficient (Wildman–Crippen LogP) is 2.47. The van der Waals surface area contributed by atoms with E-state index in [1.54, 1.807) is 6.07 Å². The number of ether oxygens (including phenoxy) is 1. The molecule has 17 heavy (non-hydrogen) atoms. The number of esters is 1. The summed E-state index contributed by atoms with van der Waals surface area (Å²) >= 11 is 0.